The van der Waals surface area contributed by atoms with Crippen LogP contribution in [-0.2, 0) is 22.7 Å². The SMILES string of the molecule is O=C(NCc1cccnc1)C(c1ccccc1)N(Cc1ccc(F)cc1)C(=O)COc1ccccc1. The molecule has 1 N–H and O–H groups in total. The van der Waals surface area contributed by atoms with Gasteiger partial charge in [-0.25, -0.2) is 4.39 Å². The second-order valence-corrected chi connectivity index (χ2v) is 8.14. The molecule has 3 aromatic carbocycles. The third kappa shape index (κ3) is 6.76. The van der Waals surface area contributed by atoms with Crippen LogP contribution in [0.15, 0.2) is 109 Å². The fourth-order valence-corrected chi connectivity index (χ4v) is 3.75. The number of carbonyl (C=O) groups excluding carboxylic acids is 2. The summed E-state index contributed by atoms with van der Waals surface area (Å²) in [7, 11) is 0. The molecule has 0 aliphatic rings. The number of nitrogens with zero attached hydrogens (tertiary/aromatic N) is 2. The lowest BCUT2D eigenvalue weighted by Crippen LogP contribution is -2.45. The first-order valence-electron chi connectivity index (χ1n) is 11.5. The Morgan fingerprint density at radius 1 is 0.861 bits per heavy atom. The Balaban J connectivity index is 1.62. The van der Waals surface area contributed by atoms with Gasteiger partial charge in [0.1, 0.15) is 17.6 Å². The molecular formula is C29H26FN3O3. The van der Waals surface area contributed by atoms with Gasteiger partial charge in [0.25, 0.3) is 5.91 Å². The summed E-state index contributed by atoms with van der Waals surface area (Å²) in [6.45, 7) is 0.0939. The van der Waals surface area contributed by atoms with E-state index in [0.717, 1.165) is 5.56 Å². The highest BCUT2D eigenvalue weighted by atomic mass is 19.1. The second kappa shape index (κ2) is 12.3. The number of amides is 2. The average molecular weight is 484 g/mol. The minimum Gasteiger partial charge on any atom is -0.484 e. The molecular weight excluding hydrogens is 457 g/mol. The van der Waals surface area contributed by atoms with Gasteiger partial charge in [0.2, 0.25) is 5.91 Å². The quantitative estimate of drug-likeness (QED) is 0.355. The minimum absolute atomic E-state index is 0.0944. The van der Waals surface area contributed by atoms with Crippen molar-refractivity contribution < 1.29 is 18.7 Å². The third-order valence-electron chi connectivity index (χ3n) is 5.56. The molecule has 4 aromatic rings. The first-order chi connectivity index (χ1) is 17.6. The molecule has 0 spiro atoms. The molecule has 7 heteroatoms. The molecule has 6 nitrogen and oxygen atoms in total. The monoisotopic (exact) mass is 483 g/mol. The zero-order chi connectivity index (χ0) is 25.2. The molecule has 0 radical (unpaired) electrons. The molecule has 0 aliphatic carbocycles. The van der Waals surface area contributed by atoms with Crippen LogP contribution in [0.4, 0.5) is 4.39 Å². The normalized spacial score (nSPS) is 11.4. The Morgan fingerprint density at radius 2 is 1.56 bits per heavy atom. The summed E-state index contributed by atoms with van der Waals surface area (Å²) in [6, 6.07) is 26.7. The third-order valence-corrected chi connectivity index (χ3v) is 5.56. The van der Waals surface area contributed by atoms with E-state index in [1.165, 1.54) is 17.0 Å². The molecule has 0 bridgehead atoms. The number of hydrogen-bond acceptors (Lipinski definition) is 4. The van der Waals surface area contributed by atoms with E-state index in [-0.39, 0.29) is 37.3 Å². The lowest BCUT2D eigenvalue weighted by atomic mass is 10.0. The van der Waals surface area contributed by atoms with Gasteiger partial charge in [-0.1, -0.05) is 66.7 Å². The van der Waals surface area contributed by atoms with E-state index >= 15 is 0 Å². The first-order valence-corrected chi connectivity index (χ1v) is 11.5. The zero-order valence-electron chi connectivity index (χ0n) is 19.6. The number of aromatic nitrogens is 1. The smallest absolute Gasteiger partial charge is 0.261 e. The fraction of sp³-hybridized carbons (Fsp3) is 0.138. The Hall–Kier alpha value is -4.52. The van der Waals surface area contributed by atoms with Crippen molar-refractivity contribution in [3.05, 3.63) is 132 Å². The van der Waals surface area contributed by atoms with E-state index in [4.69, 9.17) is 4.74 Å². The maximum Gasteiger partial charge on any atom is 0.261 e. The number of nitrogens with one attached hydrogen (secondary N) is 1. The largest absolute Gasteiger partial charge is 0.484 e. The molecule has 1 heterocycles. The maximum absolute atomic E-state index is 13.6. The van der Waals surface area contributed by atoms with E-state index in [0.29, 0.717) is 16.9 Å². The Morgan fingerprint density at radius 3 is 2.22 bits per heavy atom. The molecule has 0 saturated heterocycles. The number of rotatable bonds is 10. The summed E-state index contributed by atoms with van der Waals surface area (Å²) >= 11 is 0. The molecule has 0 fully saturated rings. The standard InChI is InChI=1S/C29H26FN3O3/c30-25-15-13-22(14-16-25)20-33(27(34)21-36-26-11-5-2-6-12-26)28(24-9-3-1-4-10-24)29(35)32-19-23-8-7-17-31-18-23/h1-18,28H,19-21H2,(H,32,35). The Kier molecular flexibility index (Phi) is 8.38. The van der Waals surface area contributed by atoms with Crippen LogP contribution in [0.25, 0.3) is 0 Å². The molecule has 0 saturated carbocycles. The predicted molar refractivity (Wildman–Crippen MR) is 134 cm³/mol. The van der Waals surface area contributed by atoms with Crippen LogP contribution in [0, 0.1) is 5.82 Å². The highest BCUT2D eigenvalue weighted by Crippen LogP contribution is 2.25. The van der Waals surface area contributed by atoms with Crippen LogP contribution in [-0.4, -0.2) is 28.3 Å². The summed E-state index contributed by atoms with van der Waals surface area (Å²) in [6.07, 6.45) is 3.33. The van der Waals surface area contributed by atoms with Gasteiger partial charge in [-0.05, 0) is 47.0 Å². The highest BCUT2D eigenvalue weighted by molar-refractivity contribution is 5.89. The van der Waals surface area contributed by atoms with Crippen molar-refractivity contribution in [2.75, 3.05) is 6.61 Å². The van der Waals surface area contributed by atoms with Crippen molar-refractivity contribution in [1.29, 1.82) is 0 Å². The van der Waals surface area contributed by atoms with Crippen LogP contribution in [0.2, 0.25) is 0 Å². The van der Waals surface area contributed by atoms with E-state index in [1.54, 1.807) is 54.9 Å². The molecule has 4 rings (SSSR count). The number of ether oxygens (including phenoxy) is 1. The van der Waals surface area contributed by atoms with Gasteiger partial charge >= 0.3 is 0 Å². The second-order valence-electron chi connectivity index (χ2n) is 8.14. The van der Waals surface area contributed by atoms with Crippen molar-refractivity contribution in [3.63, 3.8) is 0 Å². The molecule has 0 aliphatic heterocycles. The van der Waals surface area contributed by atoms with Crippen LogP contribution < -0.4 is 10.1 Å². The van der Waals surface area contributed by atoms with Gasteiger partial charge in [0, 0.05) is 25.5 Å². The van der Waals surface area contributed by atoms with Gasteiger partial charge < -0.3 is 15.0 Å². The summed E-state index contributed by atoms with van der Waals surface area (Å²) in [5.41, 5.74) is 2.17. The van der Waals surface area contributed by atoms with Gasteiger partial charge in [0.05, 0.1) is 0 Å². The lowest BCUT2D eigenvalue weighted by Gasteiger charge is -2.31. The van der Waals surface area contributed by atoms with Crippen molar-refractivity contribution in [2.45, 2.75) is 19.1 Å². The fourth-order valence-electron chi connectivity index (χ4n) is 3.75. The summed E-state index contributed by atoms with van der Waals surface area (Å²) in [5, 5.41) is 2.93. The van der Waals surface area contributed by atoms with Crippen LogP contribution >= 0.6 is 0 Å². The van der Waals surface area contributed by atoms with Crippen LogP contribution in [0.5, 0.6) is 5.75 Å². The summed E-state index contributed by atoms with van der Waals surface area (Å²) in [4.78, 5) is 32.6. The van der Waals surface area contributed by atoms with Crippen molar-refractivity contribution in [3.8, 4) is 5.75 Å². The topological polar surface area (TPSA) is 71.5 Å². The molecule has 1 aromatic heterocycles. The molecule has 1 atom stereocenters. The van der Waals surface area contributed by atoms with Crippen molar-refractivity contribution in [1.82, 2.24) is 15.2 Å². The van der Waals surface area contributed by atoms with Gasteiger partial charge in [0.15, 0.2) is 6.61 Å². The van der Waals surface area contributed by atoms with Crippen LogP contribution in [0.3, 0.4) is 0 Å². The van der Waals surface area contributed by atoms with Crippen molar-refractivity contribution >= 4 is 11.8 Å². The Bertz CT molecular complexity index is 1250. The number of hydrogen-bond donors (Lipinski definition) is 1. The van der Waals surface area contributed by atoms with Gasteiger partial charge in [-0.2, -0.15) is 0 Å². The molecule has 1 unspecified atom stereocenters. The first kappa shape index (κ1) is 24.6. The summed E-state index contributed by atoms with van der Waals surface area (Å²) < 4.78 is 19.2. The summed E-state index contributed by atoms with van der Waals surface area (Å²) in [5.74, 6) is -0.559. The van der Waals surface area contributed by atoms with Gasteiger partial charge in [-0.3, -0.25) is 14.6 Å². The lowest BCUT2D eigenvalue weighted by molar-refractivity contribution is -0.143. The minimum atomic E-state index is -0.931. The van der Waals surface area contributed by atoms with Crippen molar-refractivity contribution in [2.24, 2.45) is 0 Å². The number of benzene rings is 3. The Labute approximate surface area is 209 Å². The number of carbonyl (C=O) groups is 2. The average Bonchev–Trinajstić information content (AvgIpc) is 2.93. The van der Waals surface area contributed by atoms with Crippen LogP contribution in [0.1, 0.15) is 22.7 Å². The molecule has 36 heavy (non-hydrogen) atoms. The predicted octanol–water partition coefficient (Wildman–Crippen LogP) is 4.69. The molecule has 2 amide bonds. The zero-order valence-corrected chi connectivity index (χ0v) is 19.6. The van der Waals surface area contributed by atoms with Gasteiger partial charge in [-0.15, -0.1) is 0 Å². The number of pyridine rings is 1. The van der Waals surface area contributed by atoms with E-state index in [1.807, 2.05) is 42.5 Å². The van der Waals surface area contributed by atoms with E-state index < -0.39 is 6.04 Å². The van der Waals surface area contributed by atoms with E-state index in [2.05, 4.69) is 10.3 Å². The molecule has 182 valence electrons. The number of halogens is 1. The highest BCUT2D eigenvalue weighted by Gasteiger charge is 2.31. The maximum atomic E-state index is 13.6. The van der Waals surface area contributed by atoms with E-state index in [9.17, 15) is 14.0 Å². The number of para-hydroxylation sites is 1.